The van der Waals surface area contributed by atoms with Crippen molar-refractivity contribution in [3.8, 4) is 0 Å². The Labute approximate surface area is 64.4 Å². The molecule has 4 heteroatoms. The van der Waals surface area contributed by atoms with Crippen LogP contribution >= 0.6 is 0 Å². The van der Waals surface area contributed by atoms with E-state index in [1.54, 1.807) is 12.1 Å². The van der Waals surface area contributed by atoms with E-state index in [2.05, 4.69) is 10.3 Å². The summed E-state index contributed by atoms with van der Waals surface area (Å²) >= 11 is 0. The van der Waals surface area contributed by atoms with Crippen molar-refractivity contribution in [2.75, 3.05) is 24.3 Å². The van der Waals surface area contributed by atoms with Crippen LogP contribution in [0.25, 0.3) is 0 Å². The van der Waals surface area contributed by atoms with Crippen LogP contribution in [0.4, 0.5) is 15.9 Å². The maximum absolute atomic E-state index is 11.6. The van der Waals surface area contributed by atoms with Crippen molar-refractivity contribution in [1.82, 2.24) is 4.98 Å². The molecular weight excluding hydrogens is 145 g/mol. The molecule has 1 rings (SSSR count). The summed E-state index contributed by atoms with van der Waals surface area (Å²) in [7, 11) is 0. The summed E-state index contributed by atoms with van der Waals surface area (Å²) in [5, 5.41) is 2.78. The lowest BCUT2D eigenvalue weighted by molar-refractivity contribution is 0.512. The summed E-state index contributed by atoms with van der Waals surface area (Å²) in [6.45, 7) is -0.108. The van der Waals surface area contributed by atoms with Crippen LogP contribution < -0.4 is 11.1 Å². The second-order valence-electron chi connectivity index (χ2n) is 2.09. The molecular formula is C7H10FN3. The SMILES string of the molecule is Nc1ccc(NCCF)nc1. The Morgan fingerprint density at radius 3 is 2.91 bits per heavy atom. The largest absolute Gasteiger partial charge is 0.397 e. The van der Waals surface area contributed by atoms with Crippen LogP contribution in [0.2, 0.25) is 0 Å². The van der Waals surface area contributed by atoms with Gasteiger partial charge in [0.15, 0.2) is 0 Å². The van der Waals surface area contributed by atoms with Crippen molar-refractivity contribution in [3.05, 3.63) is 18.3 Å². The first-order chi connectivity index (χ1) is 5.33. The normalized spacial score (nSPS) is 9.55. The fraction of sp³-hybridized carbons (Fsp3) is 0.286. The van der Waals surface area contributed by atoms with Crippen LogP contribution in [0.3, 0.4) is 0 Å². The number of nitrogens with one attached hydrogen (secondary N) is 1. The van der Waals surface area contributed by atoms with Gasteiger partial charge in [-0.05, 0) is 12.1 Å². The first kappa shape index (κ1) is 7.78. The summed E-state index contributed by atoms with van der Waals surface area (Å²) in [5.74, 6) is 0.650. The minimum atomic E-state index is -0.397. The number of anilines is 2. The predicted molar refractivity (Wildman–Crippen MR) is 43.1 cm³/mol. The highest BCUT2D eigenvalue weighted by molar-refractivity contribution is 5.43. The molecule has 3 N–H and O–H groups in total. The van der Waals surface area contributed by atoms with E-state index in [0.717, 1.165) is 0 Å². The van der Waals surface area contributed by atoms with Crippen LogP contribution in [0.15, 0.2) is 18.3 Å². The number of nitrogens with zero attached hydrogens (tertiary/aromatic N) is 1. The third-order valence-electron chi connectivity index (χ3n) is 1.19. The molecule has 0 aliphatic carbocycles. The minimum absolute atomic E-state index is 0.289. The summed E-state index contributed by atoms with van der Waals surface area (Å²) in [6.07, 6.45) is 1.53. The summed E-state index contributed by atoms with van der Waals surface area (Å²) < 4.78 is 11.6. The van der Waals surface area contributed by atoms with Gasteiger partial charge in [0.25, 0.3) is 0 Å². The molecule has 1 heterocycles. The fourth-order valence-corrected chi connectivity index (χ4v) is 0.685. The van der Waals surface area contributed by atoms with Gasteiger partial charge < -0.3 is 11.1 Å². The number of nitrogens with two attached hydrogens (primary N) is 1. The number of hydrogen-bond acceptors (Lipinski definition) is 3. The molecule has 0 aromatic carbocycles. The third-order valence-corrected chi connectivity index (χ3v) is 1.19. The molecule has 1 aromatic heterocycles. The molecule has 0 fully saturated rings. The molecule has 0 saturated heterocycles. The average Bonchev–Trinajstić information content (AvgIpc) is 2.04. The van der Waals surface area contributed by atoms with Gasteiger partial charge in [0.05, 0.1) is 11.9 Å². The Hall–Kier alpha value is -1.32. The van der Waals surface area contributed by atoms with Crippen molar-refractivity contribution < 1.29 is 4.39 Å². The molecule has 0 bridgehead atoms. The lowest BCUT2D eigenvalue weighted by atomic mass is 10.4. The van der Waals surface area contributed by atoms with Crippen LogP contribution in [-0.4, -0.2) is 18.2 Å². The first-order valence-corrected chi connectivity index (χ1v) is 3.34. The van der Waals surface area contributed by atoms with Gasteiger partial charge in [-0.25, -0.2) is 9.37 Å². The van der Waals surface area contributed by atoms with Gasteiger partial charge in [0, 0.05) is 6.54 Å². The zero-order valence-electron chi connectivity index (χ0n) is 6.05. The van der Waals surface area contributed by atoms with E-state index in [1.165, 1.54) is 6.20 Å². The van der Waals surface area contributed by atoms with Crippen molar-refractivity contribution >= 4 is 11.5 Å². The van der Waals surface area contributed by atoms with Gasteiger partial charge in [0.2, 0.25) is 0 Å². The number of pyridine rings is 1. The van der Waals surface area contributed by atoms with Gasteiger partial charge in [-0.3, -0.25) is 0 Å². The first-order valence-electron chi connectivity index (χ1n) is 3.34. The van der Waals surface area contributed by atoms with Crippen LogP contribution in [0.1, 0.15) is 0 Å². The molecule has 60 valence electrons. The zero-order valence-corrected chi connectivity index (χ0v) is 6.05. The van der Waals surface area contributed by atoms with Gasteiger partial charge in [0.1, 0.15) is 12.5 Å². The van der Waals surface area contributed by atoms with Gasteiger partial charge in [-0.2, -0.15) is 0 Å². The topological polar surface area (TPSA) is 50.9 Å². The molecule has 0 unspecified atom stereocenters. The van der Waals surface area contributed by atoms with E-state index in [9.17, 15) is 4.39 Å². The monoisotopic (exact) mass is 155 g/mol. The summed E-state index contributed by atoms with van der Waals surface area (Å²) in [4.78, 5) is 3.91. The number of hydrogen-bond donors (Lipinski definition) is 2. The Kier molecular flexibility index (Phi) is 2.66. The Bertz CT molecular complexity index is 209. The molecule has 0 radical (unpaired) electrons. The Morgan fingerprint density at radius 1 is 1.55 bits per heavy atom. The highest BCUT2D eigenvalue weighted by atomic mass is 19.1. The molecule has 1 aromatic rings. The Balaban J connectivity index is 2.52. The highest BCUT2D eigenvalue weighted by Crippen LogP contribution is 2.04. The zero-order chi connectivity index (χ0) is 8.10. The molecule has 11 heavy (non-hydrogen) atoms. The lowest BCUT2D eigenvalue weighted by Crippen LogP contribution is -2.04. The average molecular weight is 155 g/mol. The van der Waals surface area contributed by atoms with Crippen LogP contribution in [0.5, 0.6) is 0 Å². The number of alkyl halides is 1. The van der Waals surface area contributed by atoms with E-state index < -0.39 is 6.67 Å². The number of rotatable bonds is 3. The van der Waals surface area contributed by atoms with E-state index in [-0.39, 0.29) is 6.54 Å². The second-order valence-corrected chi connectivity index (χ2v) is 2.09. The standard InChI is InChI=1S/C7H10FN3/c8-3-4-10-7-2-1-6(9)5-11-7/h1-2,5H,3-4,9H2,(H,10,11). The van der Waals surface area contributed by atoms with E-state index in [4.69, 9.17) is 5.73 Å². The van der Waals surface area contributed by atoms with Crippen LogP contribution in [0, 0.1) is 0 Å². The highest BCUT2D eigenvalue weighted by Gasteiger charge is 1.90. The number of aromatic nitrogens is 1. The predicted octanol–water partition coefficient (Wildman–Crippen LogP) is 1.05. The summed E-state index contributed by atoms with van der Waals surface area (Å²) in [6, 6.07) is 3.43. The van der Waals surface area contributed by atoms with Crippen molar-refractivity contribution in [2.45, 2.75) is 0 Å². The molecule has 0 saturated carbocycles. The van der Waals surface area contributed by atoms with Crippen molar-refractivity contribution in [1.29, 1.82) is 0 Å². The maximum Gasteiger partial charge on any atom is 0.126 e. The van der Waals surface area contributed by atoms with Gasteiger partial charge in [-0.15, -0.1) is 0 Å². The van der Waals surface area contributed by atoms with E-state index in [0.29, 0.717) is 11.5 Å². The number of halogens is 1. The minimum Gasteiger partial charge on any atom is -0.397 e. The van der Waals surface area contributed by atoms with Gasteiger partial charge in [-0.1, -0.05) is 0 Å². The molecule has 3 nitrogen and oxygen atoms in total. The van der Waals surface area contributed by atoms with E-state index >= 15 is 0 Å². The molecule has 0 atom stereocenters. The summed E-state index contributed by atoms with van der Waals surface area (Å²) in [5.41, 5.74) is 6.00. The van der Waals surface area contributed by atoms with Crippen LogP contribution in [-0.2, 0) is 0 Å². The molecule has 0 aliphatic rings. The third kappa shape index (κ3) is 2.41. The Morgan fingerprint density at radius 2 is 2.36 bits per heavy atom. The molecule has 0 spiro atoms. The molecule has 0 aliphatic heterocycles. The van der Waals surface area contributed by atoms with E-state index in [1.807, 2.05) is 0 Å². The lowest BCUT2D eigenvalue weighted by Gasteiger charge is -2.01. The number of nitrogen functional groups attached to an aromatic ring is 1. The quantitative estimate of drug-likeness (QED) is 0.685. The second kappa shape index (κ2) is 3.75. The fourth-order valence-electron chi connectivity index (χ4n) is 0.685. The van der Waals surface area contributed by atoms with Gasteiger partial charge >= 0.3 is 0 Å². The maximum atomic E-state index is 11.6. The molecule has 0 amide bonds. The van der Waals surface area contributed by atoms with Crippen molar-refractivity contribution in [3.63, 3.8) is 0 Å². The smallest absolute Gasteiger partial charge is 0.126 e. The van der Waals surface area contributed by atoms with Crippen molar-refractivity contribution in [2.24, 2.45) is 0 Å².